The molecule has 8 heteroatoms. The first-order chi connectivity index (χ1) is 10.1. The molecule has 3 rings (SSSR count). The molecule has 1 aromatic heterocycles. The monoisotopic (exact) mass is 304 g/mol. The first-order valence-electron chi connectivity index (χ1n) is 6.31. The summed E-state index contributed by atoms with van der Waals surface area (Å²) < 4.78 is 1.53. The summed E-state index contributed by atoms with van der Waals surface area (Å²) in [6.45, 7) is 0. The second kappa shape index (κ2) is 5.57. The molecule has 0 spiro atoms. The third-order valence-corrected chi connectivity index (χ3v) is 4.17. The summed E-state index contributed by atoms with van der Waals surface area (Å²) in [4.78, 5) is 22.7. The maximum Gasteiger partial charge on any atom is 0.305 e. The maximum absolute atomic E-state index is 11.9. The van der Waals surface area contributed by atoms with Crippen molar-refractivity contribution in [2.24, 2.45) is 0 Å². The first kappa shape index (κ1) is 13.6. The molecule has 21 heavy (non-hydrogen) atoms. The Morgan fingerprint density at radius 3 is 2.81 bits per heavy atom. The van der Waals surface area contributed by atoms with Crippen LogP contribution in [-0.4, -0.2) is 37.1 Å². The molecule has 2 N–H and O–H groups in total. The van der Waals surface area contributed by atoms with Gasteiger partial charge in [0.1, 0.15) is 5.25 Å². The Morgan fingerprint density at radius 2 is 2.10 bits per heavy atom. The molecule has 2 aromatic rings. The minimum Gasteiger partial charge on any atom is -0.481 e. The van der Waals surface area contributed by atoms with Crippen LogP contribution in [-0.2, 0) is 16.0 Å². The largest absolute Gasteiger partial charge is 0.481 e. The number of amides is 1. The van der Waals surface area contributed by atoms with Crippen molar-refractivity contribution >= 4 is 23.6 Å². The van der Waals surface area contributed by atoms with Crippen LogP contribution in [0.4, 0.5) is 0 Å². The van der Waals surface area contributed by atoms with Crippen LogP contribution >= 0.6 is 11.8 Å². The number of carbonyl (C=O) groups is 2. The van der Waals surface area contributed by atoms with Gasteiger partial charge in [0.15, 0.2) is 5.82 Å². The number of hydrogen-bond donors (Lipinski definition) is 2. The molecule has 0 bridgehead atoms. The van der Waals surface area contributed by atoms with Crippen LogP contribution in [0.5, 0.6) is 0 Å². The predicted octanol–water partition coefficient (Wildman–Crippen LogP) is 0.888. The Labute approximate surface area is 124 Å². The lowest BCUT2D eigenvalue weighted by Gasteiger charge is -2.21. The molecule has 0 radical (unpaired) electrons. The Balaban J connectivity index is 1.81. The smallest absolute Gasteiger partial charge is 0.305 e. The number of carboxylic acid groups (broad SMARTS) is 1. The number of aliphatic carboxylic acids is 1. The summed E-state index contributed by atoms with van der Waals surface area (Å²) in [6.07, 6.45) is 0.301. The maximum atomic E-state index is 11.9. The summed E-state index contributed by atoms with van der Waals surface area (Å²) >= 11 is 1.12. The Kier molecular flexibility index (Phi) is 3.61. The van der Waals surface area contributed by atoms with E-state index in [9.17, 15) is 9.59 Å². The van der Waals surface area contributed by atoms with Crippen molar-refractivity contribution in [1.82, 2.24) is 14.9 Å². The molecule has 1 aliphatic rings. The summed E-state index contributed by atoms with van der Waals surface area (Å²) in [5, 5.41) is 16.7. The number of rotatable bonds is 4. The molecule has 1 amide bonds. The summed E-state index contributed by atoms with van der Waals surface area (Å²) in [6, 6.07) is 9.72. The molecule has 1 aliphatic heterocycles. The number of carbonyl (C=O) groups excluding carboxylic acids is 1. The summed E-state index contributed by atoms with van der Waals surface area (Å²) in [7, 11) is 0. The highest BCUT2D eigenvalue weighted by molar-refractivity contribution is 8.00. The fraction of sp³-hybridized carbons (Fsp3) is 0.231. The van der Waals surface area contributed by atoms with Crippen molar-refractivity contribution in [1.29, 1.82) is 0 Å². The van der Waals surface area contributed by atoms with Crippen LogP contribution in [0, 0.1) is 0 Å². The van der Waals surface area contributed by atoms with Crippen molar-refractivity contribution in [3.05, 3.63) is 41.7 Å². The van der Waals surface area contributed by atoms with Gasteiger partial charge in [0, 0.05) is 6.42 Å². The van der Waals surface area contributed by atoms with E-state index >= 15 is 0 Å². The SMILES string of the molecule is O=C(O)CC1Sc2nnc(Cc3ccccc3)n2NC1=O. The highest BCUT2D eigenvalue weighted by atomic mass is 32.2. The third-order valence-electron chi connectivity index (χ3n) is 3.03. The second-order valence-electron chi connectivity index (χ2n) is 4.58. The highest BCUT2D eigenvalue weighted by Gasteiger charge is 2.31. The van der Waals surface area contributed by atoms with Crippen molar-refractivity contribution in [3.63, 3.8) is 0 Å². The van der Waals surface area contributed by atoms with Gasteiger partial charge >= 0.3 is 5.97 Å². The number of carboxylic acids is 1. The van der Waals surface area contributed by atoms with Gasteiger partial charge in [0.05, 0.1) is 6.42 Å². The highest BCUT2D eigenvalue weighted by Crippen LogP contribution is 2.28. The van der Waals surface area contributed by atoms with Crippen LogP contribution in [0.25, 0.3) is 0 Å². The summed E-state index contributed by atoms with van der Waals surface area (Å²) in [5.41, 5.74) is 3.71. The van der Waals surface area contributed by atoms with Gasteiger partial charge < -0.3 is 5.11 Å². The number of nitrogens with one attached hydrogen (secondary N) is 1. The van der Waals surface area contributed by atoms with Crippen molar-refractivity contribution in [3.8, 4) is 0 Å². The van der Waals surface area contributed by atoms with E-state index in [0.717, 1.165) is 17.3 Å². The lowest BCUT2D eigenvalue weighted by atomic mass is 10.1. The van der Waals surface area contributed by atoms with Crippen LogP contribution in [0.15, 0.2) is 35.5 Å². The normalized spacial score (nSPS) is 17.1. The predicted molar refractivity (Wildman–Crippen MR) is 75.5 cm³/mol. The average molecular weight is 304 g/mol. The van der Waals surface area contributed by atoms with Crippen LogP contribution < -0.4 is 5.43 Å². The molecule has 0 saturated carbocycles. The van der Waals surface area contributed by atoms with Crippen LogP contribution in [0.2, 0.25) is 0 Å². The van der Waals surface area contributed by atoms with Crippen LogP contribution in [0.1, 0.15) is 17.8 Å². The van der Waals surface area contributed by atoms with E-state index in [-0.39, 0.29) is 12.3 Å². The van der Waals surface area contributed by atoms with E-state index in [0.29, 0.717) is 17.4 Å². The molecule has 1 unspecified atom stereocenters. The van der Waals surface area contributed by atoms with Gasteiger partial charge in [-0.15, -0.1) is 10.2 Å². The Hall–Kier alpha value is -2.35. The number of nitrogens with zero attached hydrogens (tertiary/aromatic N) is 3. The molecule has 0 aliphatic carbocycles. The van der Waals surface area contributed by atoms with E-state index in [2.05, 4.69) is 15.6 Å². The molecule has 0 fully saturated rings. The van der Waals surface area contributed by atoms with E-state index < -0.39 is 11.2 Å². The van der Waals surface area contributed by atoms with Crippen molar-refractivity contribution < 1.29 is 14.7 Å². The number of thioether (sulfide) groups is 1. The van der Waals surface area contributed by atoms with Crippen molar-refractivity contribution in [2.45, 2.75) is 23.2 Å². The number of aromatic nitrogens is 3. The zero-order valence-corrected chi connectivity index (χ0v) is 11.7. The van der Waals surface area contributed by atoms with Gasteiger partial charge in [-0.2, -0.15) is 0 Å². The van der Waals surface area contributed by atoms with Gasteiger partial charge in [-0.05, 0) is 5.56 Å². The van der Waals surface area contributed by atoms with Crippen LogP contribution in [0.3, 0.4) is 0 Å². The van der Waals surface area contributed by atoms with E-state index in [1.807, 2.05) is 30.3 Å². The third kappa shape index (κ3) is 2.89. The zero-order chi connectivity index (χ0) is 14.8. The number of fused-ring (bicyclic) bond motifs is 1. The zero-order valence-electron chi connectivity index (χ0n) is 10.9. The van der Waals surface area contributed by atoms with E-state index in [1.54, 1.807) is 0 Å². The van der Waals surface area contributed by atoms with Gasteiger partial charge in [-0.1, -0.05) is 42.1 Å². The fourth-order valence-corrected chi connectivity index (χ4v) is 3.02. The quantitative estimate of drug-likeness (QED) is 0.870. The van der Waals surface area contributed by atoms with Gasteiger partial charge in [0.2, 0.25) is 5.16 Å². The molecule has 0 saturated heterocycles. The molecular weight excluding hydrogens is 292 g/mol. The van der Waals surface area contributed by atoms with Gasteiger partial charge in [0.25, 0.3) is 5.91 Å². The number of hydrogen-bond acceptors (Lipinski definition) is 5. The minimum atomic E-state index is -1.01. The van der Waals surface area contributed by atoms with Crippen molar-refractivity contribution in [2.75, 3.05) is 5.43 Å². The first-order valence-corrected chi connectivity index (χ1v) is 7.19. The molecule has 7 nitrogen and oxygen atoms in total. The standard InChI is InChI=1S/C13H12N4O3S/c18-11(19)7-9-12(20)16-17-10(14-15-13(17)21-9)6-8-4-2-1-3-5-8/h1-5,9H,6-7H2,(H,16,20)(H,18,19). The molecule has 108 valence electrons. The minimum absolute atomic E-state index is 0.239. The average Bonchev–Trinajstić information content (AvgIpc) is 2.82. The van der Waals surface area contributed by atoms with Gasteiger partial charge in [-0.25, -0.2) is 4.68 Å². The fourth-order valence-electron chi connectivity index (χ4n) is 2.04. The topological polar surface area (TPSA) is 97.1 Å². The Morgan fingerprint density at radius 1 is 1.33 bits per heavy atom. The lowest BCUT2D eigenvalue weighted by Crippen LogP contribution is -2.38. The summed E-state index contributed by atoms with van der Waals surface area (Å²) in [5.74, 6) is -0.741. The number of benzene rings is 1. The van der Waals surface area contributed by atoms with Gasteiger partial charge in [-0.3, -0.25) is 15.0 Å². The Bertz CT molecular complexity index is 686. The molecule has 1 atom stereocenters. The molecular formula is C13H12N4O3S. The van der Waals surface area contributed by atoms with E-state index in [4.69, 9.17) is 5.11 Å². The second-order valence-corrected chi connectivity index (χ2v) is 5.75. The molecule has 2 heterocycles. The lowest BCUT2D eigenvalue weighted by molar-refractivity contribution is -0.138. The van der Waals surface area contributed by atoms with E-state index in [1.165, 1.54) is 4.68 Å². The molecule has 1 aromatic carbocycles.